The van der Waals surface area contributed by atoms with E-state index in [0.29, 0.717) is 12.8 Å². The van der Waals surface area contributed by atoms with Crippen LogP contribution in [0, 0.1) is 5.92 Å². The van der Waals surface area contributed by atoms with Gasteiger partial charge in [0.25, 0.3) is 0 Å². The molecule has 1 fully saturated rings. The van der Waals surface area contributed by atoms with E-state index < -0.39 is 27.0 Å². The maximum absolute atomic E-state index is 12.0. The first-order chi connectivity index (χ1) is 9.00. The molecule has 0 aromatic heterocycles. The number of carbonyl (C=O) groups is 1. The molecular weight excluding hydrogens is 264 g/mol. The number of sulfone groups is 1. The van der Waals surface area contributed by atoms with Gasteiger partial charge in [0.15, 0.2) is 9.84 Å². The lowest BCUT2D eigenvalue weighted by Crippen LogP contribution is -2.39. The summed E-state index contributed by atoms with van der Waals surface area (Å²) in [6, 6.07) is 9.27. The third-order valence-corrected chi connectivity index (χ3v) is 5.52. The molecule has 1 aliphatic heterocycles. The summed E-state index contributed by atoms with van der Waals surface area (Å²) in [5.74, 6) is -1.80. The Balaban J connectivity index is 2.28. The third kappa shape index (κ3) is 3.23. The Morgan fingerprint density at radius 2 is 1.95 bits per heavy atom. The molecule has 0 aliphatic carbocycles. The summed E-state index contributed by atoms with van der Waals surface area (Å²) in [5.41, 5.74) is 0.868. The molecule has 1 saturated heterocycles. The van der Waals surface area contributed by atoms with Crippen LogP contribution in [0.25, 0.3) is 6.08 Å². The highest BCUT2D eigenvalue weighted by molar-refractivity contribution is 7.92. The second kappa shape index (κ2) is 5.57. The van der Waals surface area contributed by atoms with Crippen molar-refractivity contribution in [3.05, 3.63) is 42.0 Å². The quantitative estimate of drug-likeness (QED) is 0.919. The fourth-order valence-electron chi connectivity index (χ4n) is 2.34. The van der Waals surface area contributed by atoms with Crippen LogP contribution in [0.2, 0.25) is 0 Å². The van der Waals surface area contributed by atoms with Gasteiger partial charge < -0.3 is 5.11 Å². The summed E-state index contributed by atoms with van der Waals surface area (Å²) >= 11 is 0. The summed E-state index contributed by atoms with van der Waals surface area (Å²) in [7, 11) is -3.36. The van der Waals surface area contributed by atoms with Crippen LogP contribution in [-0.4, -0.2) is 30.5 Å². The van der Waals surface area contributed by atoms with Crippen LogP contribution in [0.15, 0.2) is 36.4 Å². The van der Waals surface area contributed by atoms with Gasteiger partial charge in [-0.15, -0.1) is 0 Å². The van der Waals surface area contributed by atoms with E-state index in [1.54, 1.807) is 6.08 Å². The van der Waals surface area contributed by atoms with Crippen LogP contribution in [0.3, 0.4) is 0 Å². The molecule has 5 heteroatoms. The molecule has 1 aliphatic rings. The number of rotatable bonds is 3. The zero-order chi connectivity index (χ0) is 13.9. The van der Waals surface area contributed by atoms with Crippen LogP contribution in [0.5, 0.6) is 0 Å². The largest absolute Gasteiger partial charge is 0.481 e. The van der Waals surface area contributed by atoms with Crippen molar-refractivity contribution in [1.29, 1.82) is 0 Å². The number of hydrogen-bond donors (Lipinski definition) is 1. The van der Waals surface area contributed by atoms with E-state index in [2.05, 4.69) is 0 Å². The molecule has 2 unspecified atom stereocenters. The van der Waals surface area contributed by atoms with Crippen LogP contribution in [0.4, 0.5) is 0 Å². The molecule has 4 nitrogen and oxygen atoms in total. The first kappa shape index (κ1) is 13.8. The lowest BCUT2D eigenvalue weighted by molar-refractivity contribution is -0.141. The number of carboxylic acid groups (broad SMARTS) is 1. The second-order valence-electron chi connectivity index (χ2n) is 4.69. The highest BCUT2D eigenvalue weighted by Crippen LogP contribution is 2.27. The highest BCUT2D eigenvalue weighted by Gasteiger charge is 2.39. The van der Waals surface area contributed by atoms with Crippen molar-refractivity contribution in [2.75, 3.05) is 5.75 Å². The van der Waals surface area contributed by atoms with Gasteiger partial charge in [0.05, 0.1) is 16.9 Å². The first-order valence-corrected chi connectivity index (χ1v) is 7.90. The van der Waals surface area contributed by atoms with Gasteiger partial charge in [-0.05, 0) is 18.4 Å². The number of hydrogen-bond acceptors (Lipinski definition) is 3. The minimum atomic E-state index is -3.36. The van der Waals surface area contributed by atoms with E-state index >= 15 is 0 Å². The lowest BCUT2D eigenvalue weighted by Gasteiger charge is -2.26. The van der Waals surface area contributed by atoms with Gasteiger partial charge in [0, 0.05) is 0 Å². The molecule has 0 bridgehead atoms. The van der Waals surface area contributed by atoms with E-state index in [-0.39, 0.29) is 5.75 Å². The number of benzene rings is 1. The molecule has 0 saturated carbocycles. The predicted octanol–water partition coefficient (Wildman–Crippen LogP) is 1.98. The van der Waals surface area contributed by atoms with Gasteiger partial charge in [-0.3, -0.25) is 4.79 Å². The molecule has 0 amide bonds. The van der Waals surface area contributed by atoms with Gasteiger partial charge in [0.1, 0.15) is 0 Å². The first-order valence-electron chi connectivity index (χ1n) is 6.18. The molecule has 19 heavy (non-hydrogen) atoms. The van der Waals surface area contributed by atoms with Gasteiger partial charge >= 0.3 is 5.97 Å². The monoisotopic (exact) mass is 280 g/mol. The summed E-state index contributed by atoms with van der Waals surface area (Å²) in [4.78, 5) is 11.2. The maximum atomic E-state index is 12.0. The van der Waals surface area contributed by atoms with Crippen molar-refractivity contribution in [2.24, 2.45) is 5.92 Å². The van der Waals surface area contributed by atoms with Crippen LogP contribution < -0.4 is 0 Å². The summed E-state index contributed by atoms with van der Waals surface area (Å²) in [6.45, 7) is 0. The molecule has 102 valence electrons. The molecule has 1 aromatic rings. The Hall–Kier alpha value is -1.62. The van der Waals surface area contributed by atoms with E-state index in [1.165, 1.54) is 6.08 Å². The fraction of sp³-hybridized carbons (Fsp3) is 0.357. The molecular formula is C14H16O4S. The standard InChI is InChI=1S/C14H16O4S/c15-14(16)12-7-4-10-19(17,18)13(12)9-8-11-5-2-1-3-6-11/h1-3,5-6,8-9,12-13H,4,7,10H2,(H,15,16)/b9-8+. The van der Waals surface area contributed by atoms with Crippen molar-refractivity contribution >= 4 is 21.9 Å². The maximum Gasteiger partial charge on any atom is 0.308 e. The van der Waals surface area contributed by atoms with Crippen molar-refractivity contribution in [2.45, 2.75) is 18.1 Å². The number of carboxylic acids is 1. The minimum Gasteiger partial charge on any atom is -0.481 e. The molecule has 2 atom stereocenters. The lowest BCUT2D eigenvalue weighted by atomic mass is 9.98. The normalized spacial score (nSPS) is 26.3. The molecule has 1 N–H and O–H groups in total. The topological polar surface area (TPSA) is 71.4 Å². The van der Waals surface area contributed by atoms with Gasteiger partial charge in [-0.1, -0.05) is 42.5 Å². The molecule has 0 spiro atoms. The number of aliphatic carboxylic acids is 1. The smallest absolute Gasteiger partial charge is 0.308 e. The van der Waals surface area contributed by atoms with Crippen LogP contribution in [-0.2, 0) is 14.6 Å². The molecule has 2 rings (SSSR count). The summed E-state index contributed by atoms with van der Waals surface area (Å²) < 4.78 is 24.0. The van der Waals surface area contributed by atoms with E-state index in [0.717, 1.165) is 5.56 Å². The SMILES string of the molecule is O=C(O)C1CCCS(=O)(=O)C1/C=C/c1ccccc1. The zero-order valence-corrected chi connectivity index (χ0v) is 11.2. The Morgan fingerprint density at radius 3 is 2.58 bits per heavy atom. The van der Waals surface area contributed by atoms with Crippen LogP contribution in [0.1, 0.15) is 18.4 Å². The van der Waals surface area contributed by atoms with Crippen molar-refractivity contribution in [3.8, 4) is 0 Å². The Morgan fingerprint density at radius 1 is 1.26 bits per heavy atom. The molecule has 1 aromatic carbocycles. The van der Waals surface area contributed by atoms with Crippen LogP contribution >= 0.6 is 0 Å². The van der Waals surface area contributed by atoms with Crippen molar-refractivity contribution < 1.29 is 18.3 Å². The third-order valence-electron chi connectivity index (χ3n) is 3.35. The highest BCUT2D eigenvalue weighted by atomic mass is 32.2. The van der Waals surface area contributed by atoms with Gasteiger partial charge in [-0.25, -0.2) is 8.42 Å². The minimum absolute atomic E-state index is 0.0700. The predicted molar refractivity (Wildman–Crippen MR) is 73.4 cm³/mol. The van der Waals surface area contributed by atoms with Crippen molar-refractivity contribution in [1.82, 2.24) is 0 Å². The van der Waals surface area contributed by atoms with Gasteiger partial charge in [-0.2, -0.15) is 0 Å². The fourth-order valence-corrected chi connectivity index (χ4v) is 4.26. The summed E-state index contributed by atoms with van der Waals surface area (Å²) in [6.07, 6.45) is 4.04. The zero-order valence-electron chi connectivity index (χ0n) is 10.4. The average Bonchev–Trinajstić information content (AvgIpc) is 2.37. The molecule has 0 radical (unpaired) electrons. The van der Waals surface area contributed by atoms with E-state index in [1.807, 2.05) is 30.3 Å². The Labute approximate surface area is 112 Å². The molecule has 1 heterocycles. The second-order valence-corrected chi connectivity index (χ2v) is 6.97. The van der Waals surface area contributed by atoms with E-state index in [4.69, 9.17) is 5.11 Å². The van der Waals surface area contributed by atoms with E-state index in [9.17, 15) is 13.2 Å². The van der Waals surface area contributed by atoms with Gasteiger partial charge in [0.2, 0.25) is 0 Å². The average molecular weight is 280 g/mol. The Bertz CT molecular complexity index is 575. The van der Waals surface area contributed by atoms with Crippen molar-refractivity contribution in [3.63, 3.8) is 0 Å². The Kier molecular flexibility index (Phi) is 4.04. The summed E-state index contributed by atoms with van der Waals surface area (Å²) in [5, 5.41) is 8.22.